The lowest BCUT2D eigenvalue weighted by Crippen LogP contribution is -2.63. The number of nitrogens with one attached hydrogen (secondary N) is 2. The van der Waals surface area contributed by atoms with Gasteiger partial charge in [0.1, 0.15) is 16.9 Å². The largest absolute Gasteiger partial charge is 0.451 e. The molecule has 1 saturated carbocycles. The Kier molecular flexibility index (Phi) is 6.51. The van der Waals surface area contributed by atoms with Crippen molar-refractivity contribution in [3.8, 4) is 0 Å². The highest BCUT2D eigenvalue weighted by molar-refractivity contribution is 6.01. The van der Waals surface area contributed by atoms with Crippen LogP contribution in [0.4, 0.5) is 10.1 Å². The first-order valence-electron chi connectivity index (χ1n) is 12.5. The molecule has 1 atom stereocenters. The van der Waals surface area contributed by atoms with Crippen molar-refractivity contribution in [2.45, 2.75) is 57.0 Å². The molecule has 2 heterocycles. The van der Waals surface area contributed by atoms with Crippen molar-refractivity contribution in [2.24, 2.45) is 0 Å². The number of hydrogen-bond acceptors (Lipinski definition) is 5. The van der Waals surface area contributed by atoms with Crippen molar-refractivity contribution in [1.29, 1.82) is 0 Å². The topological polar surface area (TPSA) is 91.7 Å². The molecular weight excluding hydrogens is 461 g/mol. The summed E-state index contributed by atoms with van der Waals surface area (Å²) in [6, 6.07) is 12.9. The summed E-state index contributed by atoms with van der Waals surface area (Å²) < 4.78 is 19.2. The van der Waals surface area contributed by atoms with E-state index in [-0.39, 0.29) is 29.8 Å². The van der Waals surface area contributed by atoms with Gasteiger partial charge in [0.25, 0.3) is 5.91 Å². The number of carbonyl (C=O) groups is 3. The van der Waals surface area contributed by atoms with E-state index in [0.29, 0.717) is 31.4 Å². The molecule has 0 bridgehead atoms. The Morgan fingerprint density at radius 1 is 1.08 bits per heavy atom. The molecule has 188 valence electrons. The Bertz CT molecular complexity index is 1280. The number of anilines is 1. The third kappa shape index (κ3) is 4.72. The minimum atomic E-state index is -1.08. The van der Waals surface area contributed by atoms with Crippen LogP contribution in [-0.4, -0.2) is 42.3 Å². The standard InChI is InChI=1S/C28H30FN3O4/c1-18-15-20(29)9-10-22(18)32-14-11-21(23(33)17-32)30-27(35)28(12-5-2-6-13-28)31-26(34)25-16-19-7-3-4-8-24(19)36-25/h3-4,7-10,15-16,21H,2,5-6,11-14,17H2,1H3,(H,30,35)(H,31,34). The van der Waals surface area contributed by atoms with Crippen molar-refractivity contribution < 1.29 is 23.2 Å². The number of ketones is 1. The summed E-state index contributed by atoms with van der Waals surface area (Å²) in [7, 11) is 0. The second-order valence-corrected chi connectivity index (χ2v) is 9.88. The molecule has 36 heavy (non-hydrogen) atoms. The second kappa shape index (κ2) is 9.76. The Hall–Kier alpha value is -3.68. The molecule has 8 heteroatoms. The Morgan fingerprint density at radius 3 is 2.58 bits per heavy atom. The number of halogens is 1. The molecule has 3 aromatic rings. The van der Waals surface area contributed by atoms with Gasteiger partial charge >= 0.3 is 0 Å². The molecule has 1 aromatic heterocycles. The zero-order chi connectivity index (χ0) is 25.3. The van der Waals surface area contributed by atoms with Gasteiger partial charge < -0.3 is 20.0 Å². The molecule has 2 amide bonds. The molecule has 2 N–H and O–H groups in total. The van der Waals surface area contributed by atoms with Gasteiger partial charge in [-0.25, -0.2) is 4.39 Å². The lowest BCUT2D eigenvalue weighted by atomic mass is 9.80. The van der Waals surface area contributed by atoms with Gasteiger partial charge in [-0.1, -0.05) is 37.5 Å². The number of hydrogen-bond donors (Lipinski definition) is 2. The van der Waals surface area contributed by atoms with Crippen molar-refractivity contribution >= 4 is 34.3 Å². The van der Waals surface area contributed by atoms with Crippen LogP contribution in [0.1, 0.15) is 54.6 Å². The third-order valence-corrected chi connectivity index (χ3v) is 7.37. The van der Waals surface area contributed by atoms with Crippen LogP contribution in [0.15, 0.2) is 52.9 Å². The summed E-state index contributed by atoms with van der Waals surface area (Å²) in [6.07, 6.45) is 4.06. The molecule has 1 aliphatic heterocycles. The molecule has 0 radical (unpaired) electrons. The summed E-state index contributed by atoms with van der Waals surface area (Å²) in [5, 5.41) is 6.72. The molecule has 7 nitrogen and oxygen atoms in total. The van der Waals surface area contributed by atoms with Gasteiger partial charge in [0.2, 0.25) is 5.91 Å². The van der Waals surface area contributed by atoms with E-state index >= 15 is 0 Å². The Morgan fingerprint density at radius 2 is 1.86 bits per heavy atom. The smallest absolute Gasteiger partial charge is 0.287 e. The van der Waals surface area contributed by atoms with Gasteiger partial charge in [-0.15, -0.1) is 0 Å². The van der Waals surface area contributed by atoms with Gasteiger partial charge in [-0.05, 0) is 62.1 Å². The Labute approximate surface area is 209 Å². The van der Waals surface area contributed by atoms with Crippen LogP contribution >= 0.6 is 0 Å². The van der Waals surface area contributed by atoms with E-state index in [0.717, 1.165) is 35.9 Å². The maximum Gasteiger partial charge on any atom is 0.287 e. The van der Waals surface area contributed by atoms with Crippen LogP contribution in [-0.2, 0) is 9.59 Å². The first-order chi connectivity index (χ1) is 17.3. The third-order valence-electron chi connectivity index (χ3n) is 7.37. The number of carbonyl (C=O) groups excluding carboxylic acids is 3. The zero-order valence-electron chi connectivity index (χ0n) is 20.3. The minimum absolute atomic E-state index is 0.104. The quantitative estimate of drug-likeness (QED) is 0.556. The zero-order valence-corrected chi connectivity index (χ0v) is 20.3. The van der Waals surface area contributed by atoms with Gasteiger partial charge in [0.05, 0.1) is 12.6 Å². The van der Waals surface area contributed by atoms with Gasteiger partial charge in [-0.3, -0.25) is 14.4 Å². The number of nitrogens with zero attached hydrogens (tertiary/aromatic N) is 1. The first-order valence-corrected chi connectivity index (χ1v) is 12.5. The first kappa shape index (κ1) is 24.0. The van der Waals surface area contributed by atoms with E-state index in [9.17, 15) is 18.8 Å². The molecule has 1 aliphatic carbocycles. The normalized spacial score (nSPS) is 19.8. The van der Waals surface area contributed by atoms with Crippen LogP contribution in [0.3, 0.4) is 0 Å². The summed E-state index contributed by atoms with van der Waals surface area (Å²) in [5.74, 6) is -1.01. The van der Waals surface area contributed by atoms with Crippen molar-refractivity contribution in [2.75, 3.05) is 18.0 Å². The number of furan rings is 1. The number of rotatable bonds is 5. The maximum absolute atomic E-state index is 13.6. The number of para-hydroxylation sites is 1. The molecule has 5 rings (SSSR count). The molecule has 2 aromatic carbocycles. The predicted octanol–water partition coefficient (Wildman–Crippen LogP) is 4.28. The lowest BCUT2D eigenvalue weighted by molar-refractivity contribution is -0.133. The van der Waals surface area contributed by atoms with Crippen LogP contribution in [0.2, 0.25) is 0 Å². The highest BCUT2D eigenvalue weighted by atomic mass is 19.1. The fourth-order valence-corrected chi connectivity index (χ4v) is 5.39. The molecule has 2 fully saturated rings. The van der Waals surface area contributed by atoms with E-state index in [2.05, 4.69) is 10.6 Å². The van der Waals surface area contributed by atoms with Crippen LogP contribution in [0.5, 0.6) is 0 Å². The molecule has 1 unspecified atom stereocenters. The Balaban J connectivity index is 1.28. The highest BCUT2D eigenvalue weighted by Crippen LogP contribution is 2.30. The molecular formula is C28H30FN3O4. The highest BCUT2D eigenvalue weighted by Gasteiger charge is 2.43. The van der Waals surface area contributed by atoms with E-state index < -0.39 is 17.5 Å². The maximum atomic E-state index is 13.6. The number of benzene rings is 2. The number of aryl methyl sites for hydroxylation is 1. The van der Waals surface area contributed by atoms with E-state index in [1.807, 2.05) is 30.0 Å². The fourth-order valence-electron chi connectivity index (χ4n) is 5.39. The van der Waals surface area contributed by atoms with Crippen molar-refractivity contribution in [3.05, 3.63) is 65.7 Å². The summed E-state index contributed by atoms with van der Waals surface area (Å²) in [5.41, 5.74) is 1.11. The number of piperidine rings is 1. The van der Waals surface area contributed by atoms with Crippen LogP contribution < -0.4 is 15.5 Å². The number of fused-ring (bicyclic) bond motifs is 1. The van der Waals surface area contributed by atoms with E-state index in [1.165, 1.54) is 12.1 Å². The van der Waals surface area contributed by atoms with Gasteiger partial charge in [-0.2, -0.15) is 0 Å². The SMILES string of the molecule is Cc1cc(F)ccc1N1CCC(NC(=O)C2(NC(=O)c3cc4ccccc4o3)CCCCC2)C(=O)C1. The molecule has 2 aliphatic rings. The fraction of sp³-hybridized carbons (Fsp3) is 0.393. The summed E-state index contributed by atoms with van der Waals surface area (Å²) >= 11 is 0. The predicted molar refractivity (Wildman–Crippen MR) is 134 cm³/mol. The molecule has 0 spiro atoms. The van der Waals surface area contributed by atoms with Crippen molar-refractivity contribution in [1.82, 2.24) is 10.6 Å². The summed E-state index contributed by atoms with van der Waals surface area (Å²) in [6.45, 7) is 2.51. The van der Waals surface area contributed by atoms with Crippen LogP contribution in [0.25, 0.3) is 11.0 Å². The summed E-state index contributed by atoms with van der Waals surface area (Å²) in [4.78, 5) is 41.6. The monoisotopic (exact) mass is 491 g/mol. The average molecular weight is 492 g/mol. The second-order valence-electron chi connectivity index (χ2n) is 9.88. The lowest BCUT2D eigenvalue weighted by Gasteiger charge is -2.39. The molecule has 1 saturated heterocycles. The average Bonchev–Trinajstić information content (AvgIpc) is 3.31. The van der Waals surface area contributed by atoms with E-state index in [1.54, 1.807) is 18.2 Å². The van der Waals surface area contributed by atoms with Crippen LogP contribution in [0, 0.1) is 12.7 Å². The van der Waals surface area contributed by atoms with Gasteiger partial charge in [0, 0.05) is 17.6 Å². The van der Waals surface area contributed by atoms with E-state index in [4.69, 9.17) is 4.42 Å². The van der Waals surface area contributed by atoms with Gasteiger partial charge in [0.15, 0.2) is 11.5 Å². The van der Waals surface area contributed by atoms with Crippen molar-refractivity contribution in [3.63, 3.8) is 0 Å². The number of amides is 2. The minimum Gasteiger partial charge on any atom is -0.451 e. The number of Topliss-reactive ketones (excluding diaryl/α,β-unsaturated/α-hetero) is 1.